The predicted molar refractivity (Wildman–Crippen MR) is 163 cm³/mol. The van der Waals surface area contributed by atoms with Gasteiger partial charge in [-0.2, -0.15) is 5.11 Å². The van der Waals surface area contributed by atoms with Gasteiger partial charge in [0.1, 0.15) is 24.0 Å². The molecule has 228 valence electrons. The molecule has 2 saturated heterocycles. The SMILES string of the molecule is C=CCN1CC(=O)N2C(Cc3ccc(O)cc3)C(=O)N(CC3=CC4C(C=C3)N=NN4C)C[C@@H]2N1C(=O)NCc1ccccc1. The highest BCUT2D eigenvalue weighted by Crippen LogP contribution is 2.31. The van der Waals surface area contributed by atoms with Gasteiger partial charge in [0.2, 0.25) is 11.8 Å². The molecule has 0 aromatic heterocycles. The number of hydrogen-bond acceptors (Lipinski definition) is 8. The summed E-state index contributed by atoms with van der Waals surface area (Å²) >= 11 is 0. The topological polar surface area (TPSA) is 124 Å². The lowest BCUT2D eigenvalue weighted by molar-refractivity contribution is -0.188. The number of piperazine rings is 1. The Hall–Kier alpha value is -4.97. The van der Waals surface area contributed by atoms with Crippen molar-refractivity contribution >= 4 is 17.8 Å². The largest absolute Gasteiger partial charge is 0.508 e. The fraction of sp³-hybridized carbons (Fsp3) is 0.344. The van der Waals surface area contributed by atoms with Crippen LogP contribution in [0.5, 0.6) is 5.75 Å². The molecule has 12 nitrogen and oxygen atoms in total. The first-order chi connectivity index (χ1) is 21.3. The smallest absolute Gasteiger partial charge is 0.334 e. The van der Waals surface area contributed by atoms with Gasteiger partial charge in [-0.15, -0.1) is 6.58 Å². The van der Waals surface area contributed by atoms with Crippen LogP contribution in [0.4, 0.5) is 4.79 Å². The molecule has 0 bridgehead atoms. The van der Waals surface area contributed by atoms with Crippen molar-refractivity contribution in [2.45, 2.75) is 37.3 Å². The Kier molecular flexibility index (Phi) is 8.16. The minimum absolute atomic E-state index is 0.0289. The third-order valence-electron chi connectivity index (χ3n) is 8.40. The van der Waals surface area contributed by atoms with E-state index < -0.39 is 12.2 Å². The molecule has 2 aromatic carbocycles. The molecule has 2 N–H and O–H groups in total. The maximum absolute atomic E-state index is 14.2. The standard InChI is InChI=1S/C32H36N8O4/c1-3-15-38-21-30(42)39-28(16-22-9-12-25(41)13-10-22)31(43)37(19-24-11-14-26-27(17-24)36(2)35-34-26)20-29(39)40(38)32(44)33-18-23-7-5-4-6-8-23/h3-14,17,26-29,41H,1,15-16,18-21H2,2H3,(H,33,44)/t26?,27?,28?,29-/m0/s1. The van der Waals surface area contributed by atoms with E-state index in [4.69, 9.17) is 0 Å². The summed E-state index contributed by atoms with van der Waals surface area (Å²) in [4.78, 5) is 45.1. The summed E-state index contributed by atoms with van der Waals surface area (Å²) in [6.07, 6.45) is 7.17. The maximum Gasteiger partial charge on any atom is 0.334 e. The average Bonchev–Trinajstić information content (AvgIpc) is 3.39. The van der Waals surface area contributed by atoms with E-state index in [-0.39, 0.29) is 61.7 Å². The van der Waals surface area contributed by atoms with Crippen molar-refractivity contribution in [2.24, 2.45) is 10.3 Å². The first kappa shape index (κ1) is 29.1. The molecule has 1 aliphatic carbocycles. The number of carbonyl (C=O) groups excluding carboxylic acids is 3. The number of benzene rings is 2. The molecule has 4 aliphatic rings. The zero-order valence-electron chi connectivity index (χ0n) is 24.6. The highest BCUT2D eigenvalue weighted by molar-refractivity contribution is 5.92. The summed E-state index contributed by atoms with van der Waals surface area (Å²) in [7, 11) is 1.87. The minimum atomic E-state index is -0.846. The second kappa shape index (κ2) is 12.3. The van der Waals surface area contributed by atoms with Crippen molar-refractivity contribution in [2.75, 3.05) is 33.2 Å². The van der Waals surface area contributed by atoms with E-state index in [9.17, 15) is 19.5 Å². The number of likely N-dealkylation sites (N-methyl/N-ethyl adjacent to an activating group) is 1. The van der Waals surface area contributed by atoms with Crippen LogP contribution in [0.15, 0.2) is 101 Å². The molecule has 2 aromatic rings. The molecule has 3 heterocycles. The summed E-state index contributed by atoms with van der Waals surface area (Å²) < 4.78 is 0. The third-order valence-corrected chi connectivity index (χ3v) is 8.40. The summed E-state index contributed by atoms with van der Waals surface area (Å²) in [5, 5.41) is 26.3. The number of amides is 4. The van der Waals surface area contributed by atoms with Crippen LogP contribution in [0.3, 0.4) is 0 Å². The van der Waals surface area contributed by atoms with Gasteiger partial charge in [0, 0.05) is 33.1 Å². The van der Waals surface area contributed by atoms with Crippen LogP contribution in [0, 0.1) is 0 Å². The first-order valence-electron chi connectivity index (χ1n) is 14.7. The van der Waals surface area contributed by atoms with Gasteiger partial charge < -0.3 is 20.2 Å². The molecule has 4 amide bonds. The molecule has 2 fully saturated rings. The third kappa shape index (κ3) is 5.80. The lowest BCUT2D eigenvalue weighted by Gasteiger charge is -2.55. The molecule has 0 spiro atoms. The molecule has 4 atom stereocenters. The lowest BCUT2D eigenvalue weighted by atomic mass is 9.96. The van der Waals surface area contributed by atoms with Gasteiger partial charge in [-0.05, 0) is 28.8 Å². The summed E-state index contributed by atoms with van der Waals surface area (Å²) in [6.45, 7) is 4.79. The first-order valence-corrected chi connectivity index (χ1v) is 14.7. The Morgan fingerprint density at radius 1 is 1.11 bits per heavy atom. The van der Waals surface area contributed by atoms with Crippen LogP contribution in [0.2, 0.25) is 0 Å². The maximum atomic E-state index is 14.2. The van der Waals surface area contributed by atoms with Crippen molar-refractivity contribution in [3.05, 3.63) is 102 Å². The highest BCUT2D eigenvalue weighted by Gasteiger charge is 2.51. The van der Waals surface area contributed by atoms with Gasteiger partial charge in [-0.25, -0.2) is 14.8 Å². The van der Waals surface area contributed by atoms with Crippen LogP contribution in [0.25, 0.3) is 0 Å². The molecular formula is C32H36N8O4. The molecule has 0 radical (unpaired) electrons. The number of fused-ring (bicyclic) bond motifs is 2. The monoisotopic (exact) mass is 596 g/mol. The van der Waals surface area contributed by atoms with Crippen LogP contribution in [-0.2, 0) is 22.6 Å². The fourth-order valence-corrected chi connectivity index (χ4v) is 6.23. The lowest BCUT2D eigenvalue weighted by Crippen LogP contribution is -2.76. The minimum Gasteiger partial charge on any atom is -0.508 e. The Morgan fingerprint density at radius 3 is 2.64 bits per heavy atom. The number of nitrogens with one attached hydrogen (secondary N) is 1. The number of nitrogens with zero attached hydrogens (tertiary/aromatic N) is 7. The van der Waals surface area contributed by atoms with E-state index in [1.165, 1.54) is 0 Å². The molecule has 44 heavy (non-hydrogen) atoms. The number of aromatic hydroxyl groups is 1. The van der Waals surface area contributed by atoms with Crippen LogP contribution < -0.4 is 5.32 Å². The molecule has 3 unspecified atom stereocenters. The van der Waals surface area contributed by atoms with Crippen molar-refractivity contribution in [3.8, 4) is 5.75 Å². The zero-order chi connectivity index (χ0) is 30.8. The number of hydrazine groups is 1. The second-order valence-corrected chi connectivity index (χ2v) is 11.4. The van der Waals surface area contributed by atoms with Gasteiger partial charge in [-0.3, -0.25) is 14.6 Å². The van der Waals surface area contributed by atoms with Crippen molar-refractivity contribution in [1.82, 2.24) is 30.1 Å². The van der Waals surface area contributed by atoms with Gasteiger partial charge >= 0.3 is 6.03 Å². The van der Waals surface area contributed by atoms with Gasteiger partial charge in [0.25, 0.3) is 0 Å². The number of phenolic OH excluding ortho intramolecular Hbond substituents is 1. The van der Waals surface area contributed by atoms with E-state index in [1.54, 1.807) is 55.2 Å². The summed E-state index contributed by atoms with van der Waals surface area (Å²) in [5.74, 6) is -0.325. The van der Waals surface area contributed by atoms with Crippen LogP contribution in [0.1, 0.15) is 11.1 Å². The number of phenols is 1. The van der Waals surface area contributed by atoms with Gasteiger partial charge in [0.15, 0.2) is 0 Å². The predicted octanol–water partition coefficient (Wildman–Crippen LogP) is 2.47. The number of rotatable bonds is 8. The fourth-order valence-electron chi connectivity index (χ4n) is 6.23. The normalized spacial score (nSPS) is 24.7. The highest BCUT2D eigenvalue weighted by atomic mass is 16.3. The summed E-state index contributed by atoms with van der Waals surface area (Å²) in [5.41, 5.74) is 2.66. The quantitative estimate of drug-likeness (QED) is 0.452. The van der Waals surface area contributed by atoms with E-state index in [0.29, 0.717) is 13.1 Å². The molecule has 12 heteroatoms. The van der Waals surface area contributed by atoms with E-state index in [2.05, 4.69) is 28.3 Å². The Labute approximate surface area is 256 Å². The Balaban J connectivity index is 1.32. The second-order valence-electron chi connectivity index (χ2n) is 11.4. The van der Waals surface area contributed by atoms with Crippen LogP contribution in [-0.4, -0.2) is 105 Å². The van der Waals surface area contributed by atoms with Gasteiger partial charge in [-0.1, -0.05) is 72.0 Å². The van der Waals surface area contributed by atoms with E-state index in [1.807, 2.05) is 49.5 Å². The van der Waals surface area contributed by atoms with E-state index in [0.717, 1.165) is 16.7 Å². The van der Waals surface area contributed by atoms with Crippen molar-refractivity contribution < 1.29 is 19.5 Å². The molecule has 6 rings (SSSR count). The number of carbonyl (C=O) groups is 3. The summed E-state index contributed by atoms with van der Waals surface area (Å²) in [6, 6.07) is 14.9. The van der Waals surface area contributed by atoms with Gasteiger partial charge in [0.05, 0.1) is 19.1 Å². The molecule has 3 aliphatic heterocycles. The molecule has 0 saturated carbocycles. The van der Waals surface area contributed by atoms with Crippen LogP contribution >= 0.6 is 0 Å². The van der Waals surface area contributed by atoms with Crippen molar-refractivity contribution in [3.63, 3.8) is 0 Å². The number of urea groups is 1. The van der Waals surface area contributed by atoms with E-state index >= 15 is 0 Å². The Morgan fingerprint density at radius 2 is 1.89 bits per heavy atom. The zero-order valence-corrected chi connectivity index (χ0v) is 24.6. The van der Waals surface area contributed by atoms with Crippen molar-refractivity contribution in [1.29, 1.82) is 0 Å². The average molecular weight is 597 g/mol. The molecular weight excluding hydrogens is 560 g/mol. The number of hydrogen-bond donors (Lipinski definition) is 2. The Bertz CT molecular complexity index is 1510.